The van der Waals surface area contributed by atoms with Crippen molar-refractivity contribution in [1.82, 2.24) is 9.55 Å². The molecule has 0 N–H and O–H groups in total. The number of imidazole rings is 1. The van der Waals surface area contributed by atoms with Crippen LogP contribution in [0.1, 0.15) is 29.3 Å². The number of carbonyl (C=O) groups excluding carboxylic acids is 2. The van der Waals surface area contributed by atoms with E-state index in [2.05, 4.69) is 0 Å². The minimum absolute atomic E-state index is 0.0791. The van der Waals surface area contributed by atoms with Gasteiger partial charge >= 0.3 is 5.97 Å². The Morgan fingerprint density at radius 3 is 2.79 bits per heavy atom. The molecule has 1 fully saturated rings. The van der Waals surface area contributed by atoms with Crippen molar-refractivity contribution in [3.05, 3.63) is 59.4 Å². The van der Waals surface area contributed by atoms with Gasteiger partial charge in [0.25, 0.3) is 0 Å². The van der Waals surface area contributed by atoms with E-state index in [1.807, 2.05) is 65.8 Å². The maximum Gasteiger partial charge on any atom is 0.325 e. The zero-order chi connectivity index (χ0) is 19.8. The van der Waals surface area contributed by atoms with Crippen LogP contribution in [0.25, 0.3) is 11.0 Å². The average molecular weight is 377 g/mol. The summed E-state index contributed by atoms with van der Waals surface area (Å²) in [6, 6.07) is 13.8. The summed E-state index contributed by atoms with van der Waals surface area (Å²) in [6.07, 6.45) is 0.373. The summed E-state index contributed by atoms with van der Waals surface area (Å²) in [5.74, 6) is 0.424. The number of fused-ring (bicyclic) bond motifs is 1. The molecular formula is C22H23N3O3. The van der Waals surface area contributed by atoms with Gasteiger partial charge in [0.1, 0.15) is 12.4 Å². The molecule has 6 nitrogen and oxygen atoms in total. The van der Waals surface area contributed by atoms with Gasteiger partial charge in [0.05, 0.1) is 18.1 Å². The van der Waals surface area contributed by atoms with Crippen molar-refractivity contribution < 1.29 is 14.3 Å². The van der Waals surface area contributed by atoms with Crippen LogP contribution in [0.5, 0.6) is 0 Å². The van der Waals surface area contributed by atoms with Crippen molar-refractivity contribution >= 4 is 28.6 Å². The Morgan fingerprint density at radius 2 is 2.00 bits per heavy atom. The quantitative estimate of drug-likeness (QED) is 0.654. The largest absolute Gasteiger partial charge is 0.468 e. The van der Waals surface area contributed by atoms with E-state index < -0.39 is 0 Å². The fourth-order valence-corrected chi connectivity index (χ4v) is 3.89. The number of amides is 1. The number of benzene rings is 2. The number of aromatic nitrogens is 2. The van der Waals surface area contributed by atoms with Crippen molar-refractivity contribution in [2.45, 2.75) is 32.7 Å². The zero-order valence-corrected chi connectivity index (χ0v) is 16.3. The van der Waals surface area contributed by atoms with Crippen LogP contribution in [0.3, 0.4) is 0 Å². The van der Waals surface area contributed by atoms with E-state index >= 15 is 0 Å². The highest BCUT2D eigenvalue weighted by Crippen LogP contribution is 2.34. The van der Waals surface area contributed by atoms with E-state index in [0.29, 0.717) is 13.0 Å². The number of anilines is 1. The van der Waals surface area contributed by atoms with E-state index in [9.17, 15) is 9.59 Å². The molecule has 0 bridgehead atoms. The Balaban J connectivity index is 1.73. The molecule has 144 valence electrons. The molecule has 0 aliphatic carbocycles. The van der Waals surface area contributed by atoms with E-state index in [-0.39, 0.29) is 24.3 Å². The van der Waals surface area contributed by atoms with Crippen molar-refractivity contribution in [3.8, 4) is 0 Å². The van der Waals surface area contributed by atoms with E-state index in [4.69, 9.17) is 9.72 Å². The number of esters is 1. The van der Waals surface area contributed by atoms with Gasteiger partial charge < -0.3 is 14.2 Å². The first-order valence-electron chi connectivity index (χ1n) is 9.37. The smallest absolute Gasteiger partial charge is 0.325 e. The highest BCUT2D eigenvalue weighted by molar-refractivity contribution is 5.97. The summed E-state index contributed by atoms with van der Waals surface area (Å²) in [4.78, 5) is 31.4. The van der Waals surface area contributed by atoms with Gasteiger partial charge in [0, 0.05) is 24.6 Å². The molecular weight excluding hydrogens is 354 g/mol. The monoisotopic (exact) mass is 377 g/mol. The second-order valence-corrected chi connectivity index (χ2v) is 7.32. The van der Waals surface area contributed by atoms with Gasteiger partial charge in [0.2, 0.25) is 5.91 Å². The summed E-state index contributed by atoms with van der Waals surface area (Å²) < 4.78 is 6.75. The van der Waals surface area contributed by atoms with Gasteiger partial charge in [-0.25, -0.2) is 4.98 Å². The standard InChI is InChI=1S/C22H23N3O3/c1-14-8-9-15(2)19(10-14)24-12-16(11-20(24)26)22-23-17-6-4-5-7-18(17)25(22)13-21(27)28-3/h4-10,16H,11-13H2,1-3H3. The van der Waals surface area contributed by atoms with Crippen molar-refractivity contribution in [1.29, 1.82) is 0 Å². The van der Waals surface area contributed by atoms with Crippen molar-refractivity contribution in [2.75, 3.05) is 18.6 Å². The molecule has 3 aromatic rings. The van der Waals surface area contributed by atoms with Crippen LogP contribution in [0.15, 0.2) is 42.5 Å². The van der Waals surface area contributed by atoms with Crippen LogP contribution in [0, 0.1) is 13.8 Å². The third-order valence-electron chi connectivity index (χ3n) is 5.34. The molecule has 1 aromatic heterocycles. The first kappa shape index (κ1) is 18.2. The predicted molar refractivity (Wildman–Crippen MR) is 107 cm³/mol. The van der Waals surface area contributed by atoms with E-state index in [1.165, 1.54) is 7.11 Å². The SMILES string of the molecule is COC(=O)Cn1c(C2CC(=O)N(c3cc(C)ccc3C)C2)nc2ccccc21. The highest BCUT2D eigenvalue weighted by Gasteiger charge is 2.35. The molecule has 0 saturated carbocycles. The number of methoxy groups -OCH3 is 1. The van der Waals surface area contributed by atoms with Crippen molar-refractivity contribution in [2.24, 2.45) is 0 Å². The van der Waals surface area contributed by atoms with Crippen LogP contribution >= 0.6 is 0 Å². The number of ether oxygens (including phenoxy) is 1. The summed E-state index contributed by atoms with van der Waals surface area (Å²) in [5.41, 5.74) is 4.83. The second kappa shape index (κ2) is 7.11. The summed E-state index contributed by atoms with van der Waals surface area (Å²) in [5, 5.41) is 0. The lowest BCUT2D eigenvalue weighted by Gasteiger charge is -2.20. The Bertz CT molecular complexity index is 1070. The van der Waals surface area contributed by atoms with Crippen LogP contribution in [0.4, 0.5) is 5.69 Å². The number of para-hydroxylation sites is 2. The second-order valence-electron chi connectivity index (χ2n) is 7.32. The van der Waals surface area contributed by atoms with Gasteiger partial charge in [-0.1, -0.05) is 24.3 Å². The van der Waals surface area contributed by atoms with Crippen LogP contribution in [-0.2, 0) is 20.9 Å². The first-order valence-corrected chi connectivity index (χ1v) is 9.37. The topological polar surface area (TPSA) is 64.4 Å². The summed E-state index contributed by atoms with van der Waals surface area (Å²) in [6.45, 7) is 4.67. The van der Waals surface area contributed by atoms with Gasteiger partial charge in [-0.2, -0.15) is 0 Å². The van der Waals surface area contributed by atoms with Gasteiger partial charge in [0.15, 0.2) is 0 Å². The first-order chi connectivity index (χ1) is 13.5. The number of nitrogens with zero attached hydrogens (tertiary/aromatic N) is 3. The van der Waals surface area contributed by atoms with Gasteiger partial charge in [-0.05, 0) is 43.2 Å². The van der Waals surface area contributed by atoms with E-state index in [0.717, 1.165) is 33.7 Å². The molecule has 2 heterocycles. The number of carbonyl (C=O) groups is 2. The lowest BCUT2D eigenvalue weighted by Crippen LogP contribution is -2.25. The number of aryl methyl sites for hydroxylation is 2. The molecule has 28 heavy (non-hydrogen) atoms. The fraction of sp³-hybridized carbons (Fsp3) is 0.318. The van der Waals surface area contributed by atoms with Crippen LogP contribution in [-0.4, -0.2) is 35.1 Å². The Labute approximate surface area is 163 Å². The Hall–Kier alpha value is -3.15. The molecule has 1 aliphatic rings. The minimum atomic E-state index is -0.333. The molecule has 4 rings (SSSR count). The molecule has 2 aromatic carbocycles. The molecule has 1 unspecified atom stereocenters. The lowest BCUT2D eigenvalue weighted by atomic mass is 10.1. The number of hydrogen-bond acceptors (Lipinski definition) is 4. The average Bonchev–Trinajstić information content (AvgIpc) is 3.24. The normalized spacial score (nSPS) is 16.8. The molecule has 0 spiro atoms. The predicted octanol–water partition coefficient (Wildman–Crippen LogP) is 3.35. The Kier molecular flexibility index (Phi) is 4.63. The fourth-order valence-electron chi connectivity index (χ4n) is 3.89. The van der Waals surface area contributed by atoms with Gasteiger partial charge in [-0.15, -0.1) is 0 Å². The molecule has 6 heteroatoms. The molecule has 1 atom stereocenters. The summed E-state index contributed by atoms with van der Waals surface area (Å²) in [7, 11) is 1.38. The molecule has 1 amide bonds. The number of hydrogen-bond donors (Lipinski definition) is 0. The maximum atomic E-state index is 12.8. The molecule has 1 saturated heterocycles. The molecule has 1 aliphatic heterocycles. The van der Waals surface area contributed by atoms with Crippen molar-refractivity contribution in [3.63, 3.8) is 0 Å². The molecule has 0 radical (unpaired) electrons. The third-order valence-corrected chi connectivity index (χ3v) is 5.34. The Morgan fingerprint density at radius 1 is 1.21 bits per heavy atom. The third kappa shape index (κ3) is 3.15. The summed E-state index contributed by atoms with van der Waals surface area (Å²) >= 11 is 0. The van der Waals surface area contributed by atoms with Crippen LogP contribution < -0.4 is 4.90 Å². The van der Waals surface area contributed by atoms with E-state index in [1.54, 1.807) is 0 Å². The maximum absolute atomic E-state index is 12.8. The minimum Gasteiger partial charge on any atom is -0.468 e. The van der Waals surface area contributed by atoms with Gasteiger partial charge in [-0.3, -0.25) is 9.59 Å². The van der Waals surface area contributed by atoms with Crippen LogP contribution in [0.2, 0.25) is 0 Å². The highest BCUT2D eigenvalue weighted by atomic mass is 16.5. The lowest BCUT2D eigenvalue weighted by molar-refractivity contribution is -0.141. The number of rotatable bonds is 4. The zero-order valence-electron chi connectivity index (χ0n) is 16.3.